The largest absolute Gasteiger partial charge is 0.489 e. The Labute approximate surface area is 141 Å². The fraction of sp³-hybridized carbons (Fsp3) is 0.294. The van der Waals surface area contributed by atoms with Crippen LogP contribution in [0.15, 0.2) is 42.5 Å². The zero-order chi connectivity index (χ0) is 17.6. The van der Waals surface area contributed by atoms with Gasteiger partial charge in [0.25, 0.3) is 5.91 Å². The molecule has 1 atom stereocenters. The van der Waals surface area contributed by atoms with Crippen LogP contribution < -0.4 is 10.1 Å². The van der Waals surface area contributed by atoms with E-state index in [1.165, 1.54) is 6.08 Å². The maximum absolute atomic E-state index is 12.2. The third kappa shape index (κ3) is 4.70. The molecule has 1 heterocycles. The van der Waals surface area contributed by atoms with Gasteiger partial charge < -0.3 is 10.1 Å². The molecule has 0 saturated carbocycles. The van der Waals surface area contributed by atoms with Crippen LogP contribution in [-0.4, -0.2) is 38.5 Å². The number of sulfone groups is 1. The number of para-hydroxylation sites is 1. The Hall–Kier alpha value is -2.59. The van der Waals surface area contributed by atoms with Crippen LogP contribution in [0.5, 0.6) is 5.75 Å². The minimum Gasteiger partial charge on any atom is -0.489 e. The van der Waals surface area contributed by atoms with Crippen molar-refractivity contribution in [3.8, 4) is 11.8 Å². The van der Waals surface area contributed by atoms with Crippen LogP contribution >= 0.6 is 0 Å². The van der Waals surface area contributed by atoms with Crippen molar-refractivity contribution < 1.29 is 17.9 Å². The molecule has 24 heavy (non-hydrogen) atoms. The van der Waals surface area contributed by atoms with Crippen molar-refractivity contribution in [1.29, 1.82) is 5.26 Å². The highest BCUT2D eigenvalue weighted by Gasteiger charge is 2.29. The molecule has 7 heteroatoms. The molecule has 1 amide bonds. The quantitative estimate of drug-likeness (QED) is 0.478. The molecular weight excluding hydrogens is 328 g/mol. The molecule has 1 N–H and O–H groups in total. The summed E-state index contributed by atoms with van der Waals surface area (Å²) in [6, 6.07) is 8.40. The predicted molar refractivity (Wildman–Crippen MR) is 90.9 cm³/mol. The zero-order valence-electron chi connectivity index (χ0n) is 13.1. The lowest BCUT2D eigenvalue weighted by atomic mass is 10.1. The minimum absolute atomic E-state index is 0.0573. The minimum atomic E-state index is -3.10. The van der Waals surface area contributed by atoms with E-state index in [0.717, 1.165) is 0 Å². The number of carbonyl (C=O) groups excluding carboxylic acids is 1. The molecule has 6 nitrogen and oxygen atoms in total. The first-order chi connectivity index (χ1) is 11.4. The number of nitrogens with one attached hydrogen (secondary N) is 1. The number of nitrogens with zero attached hydrogens (tertiary/aromatic N) is 1. The molecular formula is C17H18N2O4S. The molecule has 0 unspecified atom stereocenters. The third-order valence-corrected chi connectivity index (χ3v) is 5.28. The lowest BCUT2D eigenvalue weighted by molar-refractivity contribution is -0.117. The highest BCUT2D eigenvalue weighted by atomic mass is 32.2. The van der Waals surface area contributed by atoms with Gasteiger partial charge in [-0.15, -0.1) is 0 Å². The average molecular weight is 346 g/mol. The number of ether oxygens (including phenoxy) is 1. The summed E-state index contributed by atoms with van der Waals surface area (Å²) in [5.74, 6) is -0.0855. The molecule has 1 saturated heterocycles. The monoisotopic (exact) mass is 346 g/mol. The topological polar surface area (TPSA) is 96.3 Å². The Morgan fingerprint density at radius 2 is 2.21 bits per heavy atom. The summed E-state index contributed by atoms with van der Waals surface area (Å²) in [4.78, 5) is 12.2. The second-order valence-electron chi connectivity index (χ2n) is 5.38. The molecule has 1 aliphatic heterocycles. The van der Waals surface area contributed by atoms with E-state index < -0.39 is 21.8 Å². The van der Waals surface area contributed by atoms with Crippen molar-refractivity contribution in [1.82, 2.24) is 5.32 Å². The number of benzene rings is 1. The predicted octanol–water partition coefficient (Wildman–Crippen LogP) is 1.46. The first kappa shape index (κ1) is 17.8. The van der Waals surface area contributed by atoms with Gasteiger partial charge in [-0.3, -0.25) is 4.79 Å². The van der Waals surface area contributed by atoms with E-state index in [4.69, 9.17) is 4.74 Å². The SMILES string of the molecule is C=CCOc1ccccc1/C=C(\C#N)C(=O)N[C@H]1CCS(=O)(=O)C1. The normalized spacial score (nSPS) is 19.3. The van der Waals surface area contributed by atoms with E-state index in [2.05, 4.69) is 11.9 Å². The van der Waals surface area contributed by atoms with E-state index in [9.17, 15) is 18.5 Å². The average Bonchev–Trinajstić information content (AvgIpc) is 2.90. The number of carbonyl (C=O) groups is 1. The maximum atomic E-state index is 12.2. The maximum Gasteiger partial charge on any atom is 0.262 e. The lowest BCUT2D eigenvalue weighted by Crippen LogP contribution is -2.36. The number of amides is 1. The highest BCUT2D eigenvalue weighted by Crippen LogP contribution is 2.21. The van der Waals surface area contributed by atoms with E-state index >= 15 is 0 Å². The lowest BCUT2D eigenvalue weighted by Gasteiger charge is -2.11. The van der Waals surface area contributed by atoms with Crippen molar-refractivity contribution in [3.05, 3.63) is 48.1 Å². The second-order valence-corrected chi connectivity index (χ2v) is 7.61. The molecule has 0 radical (unpaired) electrons. The molecule has 126 valence electrons. The second kappa shape index (κ2) is 7.79. The molecule has 1 aliphatic rings. The van der Waals surface area contributed by atoms with Crippen LogP contribution in [-0.2, 0) is 14.6 Å². The smallest absolute Gasteiger partial charge is 0.262 e. The van der Waals surface area contributed by atoms with E-state index in [1.807, 2.05) is 6.07 Å². The van der Waals surface area contributed by atoms with E-state index in [0.29, 0.717) is 24.3 Å². The Kier molecular flexibility index (Phi) is 5.77. The Morgan fingerprint density at radius 3 is 2.83 bits per heavy atom. The van der Waals surface area contributed by atoms with Gasteiger partial charge in [0, 0.05) is 11.6 Å². The van der Waals surface area contributed by atoms with Crippen molar-refractivity contribution in [3.63, 3.8) is 0 Å². The van der Waals surface area contributed by atoms with Gasteiger partial charge in [-0.05, 0) is 18.6 Å². The zero-order valence-corrected chi connectivity index (χ0v) is 13.9. The van der Waals surface area contributed by atoms with Gasteiger partial charge in [0.15, 0.2) is 9.84 Å². The molecule has 0 aliphatic carbocycles. The first-order valence-electron chi connectivity index (χ1n) is 7.41. The van der Waals surface area contributed by atoms with Crippen LogP contribution in [0, 0.1) is 11.3 Å². The van der Waals surface area contributed by atoms with Gasteiger partial charge in [0.1, 0.15) is 24.0 Å². The molecule has 2 rings (SSSR count). The molecule has 0 spiro atoms. The summed E-state index contributed by atoms with van der Waals surface area (Å²) < 4.78 is 28.4. The molecule has 0 bridgehead atoms. The van der Waals surface area contributed by atoms with Gasteiger partial charge in [0.2, 0.25) is 0 Å². The first-order valence-corrected chi connectivity index (χ1v) is 9.23. The van der Waals surface area contributed by atoms with Gasteiger partial charge in [0.05, 0.1) is 11.5 Å². The van der Waals surface area contributed by atoms with Crippen LogP contribution in [0.3, 0.4) is 0 Å². The van der Waals surface area contributed by atoms with Crippen molar-refractivity contribution in [2.75, 3.05) is 18.1 Å². The van der Waals surface area contributed by atoms with E-state index in [-0.39, 0.29) is 17.1 Å². The third-order valence-electron chi connectivity index (χ3n) is 3.51. The molecule has 1 aromatic rings. The number of nitriles is 1. The van der Waals surface area contributed by atoms with Gasteiger partial charge in [-0.2, -0.15) is 5.26 Å². The number of hydrogen-bond acceptors (Lipinski definition) is 5. The summed E-state index contributed by atoms with van der Waals surface area (Å²) in [5.41, 5.74) is 0.485. The summed E-state index contributed by atoms with van der Waals surface area (Å²) >= 11 is 0. The van der Waals surface area contributed by atoms with E-state index in [1.54, 1.807) is 30.3 Å². The molecule has 0 aromatic heterocycles. The Bertz CT molecular complexity index is 806. The summed E-state index contributed by atoms with van der Waals surface area (Å²) in [6.07, 6.45) is 3.39. The fourth-order valence-electron chi connectivity index (χ4n) is 2.36. The standard InChI is InChI=1S/C17H18N2O4S/c1-2-8-23-16-6-4-3-5-13(16)10-14(11-18)17(20)19-15-7-9-24(21,22)12-15/h2-6,10,15H,1,7-9,12H2,(H,19,20)/b14-10+/t15-/m0/s1. The van der Waals surface area contributed by atoms with Gasteiger partial charge in [-0.1, -0.05) is 30.9 Å². The van der Waals surface area contributed by atoms with Crippen LogP contribution in [0.1, 0.15) is 12.0 Å². The summed E-state index contributed by atoms with van der Waals surface area (Å²) in [6.45, 7) is 3.88. The Balaban J connectivity index is 2.16. The van der Waals surface area contributed by atoms with Gasteiger partial charge in [-0.25, -0.2) is 8.42 Å². The highest BCUT2D eigenvalue weighted by molar-refractivity contribution is 7.91. The number of hydrogen-bond donors (Lipinski definition) is 1. The van der Waals surface area contributed by atoms with Crippen LogP contribution in [0.4, 0.5) is 0 Å². The van der Waals surface area contributed by atoms with Crippen molar-refractivity contribution in [2.45, 2.75) is 12.5 Å². The fourth-order valence-corrected chi connectivity index (χ4v) is 4.03. The summed E-state index contributed by atoms with van der Waals surface area (Å²) in [7, 11) is -3.10. The van der Waals surface area contributed by atoms with Crippen LogP contribution in [0.25, 0.3) is 6.08 Å². The number of rotatable bonds is 6. The summed E-state index contributed by atoms with van der Waals surface area (Å²) in [5, 5.41) is 11.8. The Morgan fingerprint density at radius 1 is 1.46 bits per heavy atom. The molecule has 1 fully saturated rings. The van der Waals surface area contributed by atoms with Crippen molar-refractivity contribution >= 4 is 21.8 Å². The van der Waals surface area contributed by atoms with Crippen molar-refractivity contribution in [2.24, 2.45) is 0 Å². The molecule has 1 aromatic carbocycles. The van der Waals surface area contributed by atoms with Gasteiger partial charge >= 0.3 is 0 Å². The van der Waals surface area contributed by atoms with Crippen LogP contribution in [0.2, 0.25) is 0 Å².